The van der Waals surface area contributed by atoms with Gasteiger partial charge in [0.2, 0.25) is 17.4 Å². The number of rotatable bonds is 3. The molecule has 1 atom stereocenters. The smallest absolute Gasteiger partial charge is 0.255 e. The first kappa shape index (κ1) is 12.1. The van der Waals surface area contributed by atoms with Crippen LogP contribution < -0.4 is 4.74 Å². The summed E-state index contributed by atoms with van der Waals surface area (Å²) in [7, 11) is 0. The topological polar surface area (TPSA) is 31.4 Å². The van der Waals surface area contributed by atoms with E-state index in [1.54, 1.807) is 0 Å². The van der Waals surface area contributed by atoms with Crippen molar-refractivity contribution in [2.24, 2.45) is 0 Å². The minimum absolute atomic E-state index is 0.156. The number of ether oxygens (including phenoxy) is 2. The van der Waals surface area contributed by atoms with E-state index in [0.29, 0.717) is 13.0 Å². The van der Waals surface area contributed by atoms with Gasteiger partial charge in [0, 0.05) is 6.61 Å². The zero-order valence-corrected chi connectivity index (χ0v) is 8.68. The molecule has 7 heteroatoms. The lowest BCUT2D eigenvalue weighted by Crippen LogP contribution is -2.18. The van der Waals surface area contributed by atoms with Gasteiger partial charge in [0.05, 0.1) is 6.10 Å². The normalized spacial score (nSPS) is 19.6. The molecule has 0 bridgehead atoms. The number of halogens is 4. The third-order valence-corrected chi connectivity index (χ3v) is 2.39. The van der Waals surface area contributed by atoms with Crippen LogP contribution in [0.4, 0.5) is 17.6 Å². The maximum absolute atomic E-state index is 13.1. The van der Waals surface area contributed by atoms with Crippen LogP contribution >= 0.6 is 0 Å². The van der Waals surface area contributed by atoms with Crippen molar-refractivity contribution < 1.29 is 27.0 Å². The molecule has 0 saturated carbocycles. The van der Waals surface area contributed by atoms with E-state index < -0.39 is 29.3 Å². The van der Waals surface area contributed by atoms with Gasteiger partial charge < -0.3 is 9.47 Å². The molecule has 3 nitrogen and oxygen atoms in total. The molecule has 1 aliphatic heterocycles. The zero-order valence-electron chi connectivity index (χ0n) is 8.68. The predicted molar refractivity (Wildman–Crippen MR) is 48.5 cm³/mol. The number of aromatic nitrogens is 1. The Morgan fingerprint density at radius 2 is 1.82 bits per heavy atom. The summed E-state index contributed by atoms with van der Waals surface area (Å²) in [5, 5.41) is 0. The molecule has 0 spiro atoms. The average Bonchev–Trinajstić information content (AvgIpc) is 2.79. The van der Waals surface area contributed by atoms with E-state index in [9.17, 15) is 17.6 Å². The third-order valence-electron chi connectivity index (χ3n) is 2.39. The molecule has 2 rings (SSSR count). The van der Waals surface area contributed by atoms with Crippen LogP contribution in [0.3, 0.4) is 0 Å². The first-order chi connectivity index (χ1) is 8.09. The molecule has 0 amide bonds. The molecule has 1 aliphatic rings. The molecule has 17 heavy (non-hydrogen) atoms. The quantitative estimate of drug-likeness (QED) is 0.609. The largest absolute Gasteiger partial charge is 0.485 e. The molecule has 0 aliphatic carbocycles. The summed E-state index contributed by atoms with van der Waals surface area (Å²) in [6.45, 7) is 0.384. The summed E-state index contributed by atoms with van der Waals surface area (Å²) < 4.78 is 61.5. The van der Waals surface area contributed by atoms with Crippen LogP contribution in [0.25, 0.3) is 0 Å². The fourth-order valence-electron chi connectivity index (χ4n) is 1.55. The van der Waals surface area contributed by atoms with Crippen LogP contribution in [0.2, 0.25) is 0 Å². The molecule has 94 valence electrons. The highest BCUT2D eigenvalue weighted by Crippen LogP contribution is 2.25. The summed E-state index contributed by atoms with van der Waals surface area (Å²) in [6.07, 6.45) is 1.19. The molecule has 1 saturated heterocycles. The van der Waals surface area contributed by atoms with Gasteiger partial charge in [0.15, 0.2) is 0 Å². The maximum Gasteiger partial charge on any atom is 0.255 e. The lowest BCUT2D eigenvalue weighted by molar-refractivity contribution is 0.0640. The Hall–Kier alpha value is -1.37. The second-order valence-electron chi connectivity index (χ2n) is 3.60. The zero-order chi connectivity index (χ0) is 12.4. The van der Waals surface area contributed by atoms with Gasteiger partial charge >= 0.3 is 0 Å². The highest BCUT2D eigenvalue weighted by atomic mass is 19.2. The molecule has 1 aromatic rings. The van der Waals surface area contributed by atoms with E-state index in [2.05, 4.69) is 4.98 Å². The van der Waals surface area contributed by atoms with Gasteiger partial charge in [-0.2, -0.15) is 22.5 Å². The number of hydrogen-bond acceptors (Lipinski definition) is 3. The molecule has 1 aromatic heterocycles. The predicted octanol–water partition coefficient (Wildman–Crippen LogP) is 2.20. The van der Waals surface area contributed by atoms with Crippen molar-refractivity contribution >= 4 is 0 Å². The summed E-state index contributed by atoms with van der Waals surface area (Å²) in [5.74, 6) is -7.83. The molecule has 2 heterocycles. The number of hydrogen-bond donors (Lipinski definition) is 0. The van der Waals surface area contributed by atoms with E-state index in [-0.39, 0.29) is 12.7 Å². The summed E-state index contributed by atoms with van der Waals surface area (Å²) >= 11 is 0. The van der Waals surface area contributed by atoms with Gasteiger partial charge in [-0.25, -0.2) is 0 Å². The highest BCUT2D eigenvalue weighted by Gasteiger charge is 2.24. The van der Waals surface area contributed by atoms with Crippen molar-refractivity contribution in [3.05, 3.63) is 23.5 Å². The fraction of sp³-hybridized carbons (Fsp3) is 0.500. The first-order valence-electron chi connectivity index (χ1n) is 5.04. The van der Waals surface area contributed by atoms with Crippen LogP contribution in [-0.2, 0) is 4.74 Å². The van der Waals surface area contributed by atoms with E-state index in [4.69, 9.17) is 9.47 Å². The van der Waals surface area contributed by atoms with Crippen molar-refractivity contribution in [1.29, 1.82) is 0 Å². The SMILES string of the molecule is Fc1nc(F)c(F)c(OCC2CCCO2)c1F. The van der Waals surface area contributed by atoms with E-state index in [0.717, 1.165) is 6.42 Å². The van der Waals surface area contributed by atoms with Crippen molar-refractivity contribution in [3.63, 3.8) is 0 Å². The average molecular weight is 251 g/mol. The maximum atomic E-state index is 13.1. The van der Waals surface area contributed by atoms with Crippen LogP contribution in [0.1, 0.15) is 12.8 Å². The molecule has 1 fully saturated rings. The van der Waals surface area contributed by atoms with Gasteiger partial charge in [-0.05, 0) is 12.8 Å². The molecule has 0 N–H and O–H groups in total. The van der Waals surface area contributed by atoms with Crippen LogP contribution in [0.15, 0.2) is 0 Å². The summed E-state index contributed by atoms with van der Waals surface area (Å²) in [4.78, 5) is 2.42. The monoisotopic (exact) mass is 251 g/mol. The van der Waals surface area contributed by atoms with E-state index >= 15 is 0 Å². The Morgan fingerprint density at radius 1 is 1.18 bits per heavy atom. The van der Waals surface area contributed by atoms with Crippen molar-refractivity contribution in [1.82, 2.24) is 4.98 Å². The fourth-order valence-corrected chi connectivity index (χ4v) is 1.55. The van der Waals surface area contributed by atoms with E-state index in [1.165, 1.54) is 0 Å². The standard InChI is InChI=1S/C10H9F4NO2/c11-6-8(7(12)10(14)15-9(6)13)17-4-5-2-1-3-16-5/h5H,1-4H2. The van der Waals surface area contributed by atoms with Crippen LogP contribution in [-0.4, -0.2) is 24.3 Å². The highest BCUT2D eigenvalue weighted by molar-refractivity contribution is 5.24. The second kappa shape index (κ2) is 4.87. The number of nitrogens with zero attached hydrogens (tertiary/aromatic N) is 1. The Balaban J connectivity index is 2.13. The summed E-state index contributed by atoms with van der Waals surface area (Å²) in [5.41, 5.74) is 0. The summed E-state index contributed by atoms with van der Waals surface area (Å²) in [6, 6.07) is 0. The number of pyridine rings is 1. The van der Waals surface area contributed by atoms with Gasteiger partial charge in [-0.1, -0.05) is 0 Å². The van der Waals surface area contributed by atoms with Gasteiger partial charge in [-0.3, -0.25) is 0 Å². The van der Waals surface area contributed by atoms with Gasteiger partial charge in [0.25, 0.3) is 11.9 Å². The Labute approximate surface area is 94.4 Å². The second-order valence-corrected chi connectivity index (χ2v) is 3.60. The third kappa shape index (κ3) is 2.49. The van der Waals surface area contributed by atoms with Crippen molar-refractivity contribution in [3.8, 4) is 5.75 Å². The Bertz CT molecular complexity index is 395. The minimum atomic E-state index is -1.73. The lowest BCUT2D eigenvalue weighted by Gasteiger charge is -2.12. The minimum Gasteiger partial charge on any atom is -0.485 e. The van der Waals surface area contributed by atoms with Crippen molar-refractivity contribution in [2.45, 2.75) is 18.9 Å². The van der Waals surface area contributed by atoms with Gasteiger partial charge in [0.1, 0.15) is 6.61 Å². The Morgan fingerprint density at radius 3 is 2.35 bits per heavy atom. The lowest BCUT2D eigenvalue weighted by atomic mass is 10.2. The van der Waals surface area contributed by atoms with Gasteiger partial charge in [-0.15, -0.1) is 0 Å². The van der Waals surface area contributed by atoms with Crippen molar-refractivity contribution in [2.75, 3.05) is 13.2 Å². The van der Waals surface area contributed by atoms with Crippen LogP contribution in [0, 0.1) is 23.5 Å². The van der Waals surface area contributed by atoms with Crippen LogP contribution in [0.5, 0.6) is 5.75 Å². The van der Waals surface area contributed by atoms with E-state index in [1.807, 2.05) is 0 Å². The Kier molecular flexibility index (Phi) is 3.46. The molecular formula is C10H9F4NO2. The first-order valence-corrected chi connectivity index (χ1v) is 5.04. The molecule has 0 aromatic carbocycles. The molecular weight excluding hydrogens is 242 g/mol. The molecule has 0 radical (unpaired) electrons. The molecule has 1 unspecified atom stereocenters.